The molecule has 6 heteroatoms. The van der Waals surface area contributed by atoms with Gasteiger partial charge in [0, 0.05) is 6.61 Å². The molecule has 6 nitrogen and oxygen atoms in total. The molecular formula is C14H17NO5. The van der Waals surface area contributed by atoms with Gasteiger partial charge in [0.1, 0.15) is 5.75 Å². The van der Waals surface area contributed by atoms with E-state index in [-0.39, 0.29) is 11.8 Å². The Balaban J connectivity index is 2.00. The SMILES string of the molecule is O=C(O)COc1ccccc1NC(=O)C1CCCOC1. The number of hydrogen-bond donors (Lipinski definition) is 2. The van der Waals surface area contributed by atoms with Gasteiger partial charge in [0.15, 0.2) is 6.61 Å². The number of benzene rings is 1. The molecule has 2 N–H and O–H groups in total. The first kappa shape index (κ1) is 14.3. The highest BCUT2D eigenvalue weighted by atomic mass is 16.5. The fourth-order valence-corrected chi connectivity index (χ4v) is 2.02. The van der Waals surface area contributed by atoms with Gasteiger partial charge in [-0.05, 0) is 25.0 Å². The molecule has 1 amide bonds. The van der Waals surface area contributed by atoms with Crippen molar-refractivity contribution in [3.63, 3.8) is 0 Å². The summed E-state index contributed by atoms with van der Waals surface area (Å²) >= 11 is 0. The van der Waals surface area contributed by atoms with Gasteiger partial charge in [0.2, 0.25) is 5.91 Å². The first-order chi connectivity index (χ1) is 9.66. The van der Waals surface area contributed by atoms with E-state index in [0.717, 1.165) is 12.8 Å². The number of para-hydroxylation sites is 2. The van der Waals surface area contributed by atoms with Crippen LogP contribution in [0.25, 0.3) is 0 Å². The van der Waals surface area contributed by atoms with Crippen molar-refractivity contribution in [2.45, 2.75) is 12.8 Å². The molecule has 1 aromatic carbocycles. The quantitative estimate of drug-likeness (QED) is 0.853. The van der Waals surface area contributed by atoms with Crippen molar-refractivity contribution < 1.29 is 24.2 Å². The Morgan fingerprint density at radius 2 is 2.20 bits per heavy atom. The maximum atomic E-state index is 12.1. The number of ether oxygens (including phenoxy) is 2. The predicted octanol–water partition coefficient (Wildman–Crippen LogP) is 1.52. The Bertz CT molecular complexity index is 482. The van der Waals surface area contributed by atoms with E-state index in [1.807, 2.05) is 0 Å². The van der Waals surface area contributed by atoms with Gasteiger partial charge in [-0.15, -0.1) is 0 Å². The molecule has 0 aliphatic carbocycles. The molecule has 0 radical (unpaired) electrons. The second kappa shape index (κ2) is 6.91. The molecule has 108 valence electrons. The Hall–Kier alpha value is -2.08. The van der Waals surface area contributed by atoms with Gasteiger partial charge in [-0.1, -0.05) is 12.1 Å². The number of carboxylic acid groups (broad SMARTS) is 1. The third-order valence-electron chi connectivity index (χ3n) is 3.03. The number of anilines is 1. The Morgan fingerprint density at radius 1 is 1.40 bits per heavy atom. The van der Waals surface area contributed by atoms with Gasteiger partial charge in [-0.2, -0.15) is 0 Å². The summed E-state index contributed by atoms with van der Waals surface area (Å²) in [6, 6.07) is 6.77. The molecule has 1 saturated heterocycles. The normalized spacial score (nSPS) is 18.3. The third-order valence-corrected chi connectivity index (χ3v) is 3.03. The van der Waals surface area contributed by atoms with E-state index in [2.05, 4.69) is 5.32 Å². The maximum absolute atomic E-state index is 12.1. The van der Waals surface area contributed by atoms with Gasteiger partial charge in [-0.25, -0.2) is 4.79 Å². The highest BCUT2D eigenvalue weighted by Gasteiger charge is 2.22. The Kier molecular flexibility index (Phi) is 4.95. The maximum Gasteiger partial charge on any atom is 0.341 e. The molecular weight excluding hydrogens is 262 g/mol. The molecule has 1 aliphatic heterocycles. The zero-order valence-corrected chi connectivity index (χ0v) is 11.0. The highest BCUT2D eigenvalue weighted by Crippen LogP contribution is 2.25. The highest BCUT2D eigenvalue weighted by molar-refractivity contribution is 5.94. The monoisotopic (exact) mass is 279 g/mol. The topological polar surface area (TPSA) is 84.9 Å². The van der Waals surface area contributed by atoms with Crippen LogP contribution in [-0.4, -0.2) is 36.8 Å². The van der Waals surface area contributed by atoms with Crippen LogP contribution in [0.3, 0.4) is 0 Å². The van der Waals surface area contributed by atoms with Crippen molar-refractivity contribution in [1.29, 1.82) is 0 Å². The Labute approximate surface area is 116 Å². The minimum absolute atomic E-state index is 0.129. The first-order valence-corrected chi connectivity index (χ1v) is 6.49. The minimum Gasteiger partial charge on any atom is -0.480 e. The van der Waals surface area contributed by atoms with E-state index < -0.39 is 12.6 Å². The van der Waals surface area contributed by atoms with Crippen molar-refractivity contribution in [3.05, 3.63) is 24.3 Å². The summed E-state index contributed by atoms with van der Waals surface area (Å²) in [5, 5.41) is 11.4. The first-order valence-electron chi connectivity index (χ1n) is 6.49. The summed E-state index contributed by atoms with van der Waals surface area (Å²) in [4.78, 5) is 22.6. The number of carboxylic acids is 1. The Morgan fingerprint density at radius 3 is 2.90 bits per heavy atom. The summed E-state index contributed by atoms with van der Waals surface area (Å²) in [5.41, 5.74) is 0.476. The van der Waals surface area contributed by atoms with Crippen molar-refractivity contribution in [2.24, 2.45) is 5.92 Å². The average Bonchev–Trinajstić information content (AvgIpc) is 2.47. The molecule has 0 spiro atoms. The molecule has 1 heterocycles. The van der Waals surface area contributed by atoms with Gasteiger partial charge >= 0.3 is 5.97 Å². The van der Waals surface area contributed by atoms with Crippen molar-refractivity contribution in [3.8, 4) is 5.75 Å². The molecule has 0 aromatic heterocycles. The van der Waals surface area contributed by atoms with E-state index >= 15 is 0 Å². The molecule has 1 atom stereocenters. The van der Waals surface area contributed by atoms with Crippen LogP contribution in [0.4, 0.5) is 5.69 Å². The fraction of sp³-hybridized carbons (Fsp3) is 0.429. The molecule has 1 unspecified atom stereocenters. The van der Waals surface area contributed by atoms with Gasteiger partial charge in [0.25, 0.3) is 0 Å². The fourth-order valence-electron chi connectivity index (χ4n) is 2.02. The summed E-state index contributed by atoms with van der Waals surface area (Å²) < 4.78 is 10.4. The summed E-state index contributed by atoms with van der Waals surface area (Å²) in [6.07, 6.45) is 1.67. The number of rotatable bonds is 5. The molecule has 1 aliphatic rings. The van der Waals surface area contributed by atoms with Gasteiger partial charge < -0.3 is 19.9 Å². The van der Waals surface area contributed by atoms with Crippen LogP contribution in [-0.2, 0) is 14.3 Å². The number of nitrogens with one attached hydrogen (secondary N) is 1. The minimum atomic E-state index is -1.06. The average molecular weight is 279 g/mol. The van der Waals surface area contributed by atoms with E-state index in [1.54, 1.807) is 24.3 Å². The van der Waals surface area contributed by atoms with E-state index in [4.69, 9.17) is 14.6 Å². The second-order valence-corrected chi connectivity index (χ2v) is 4.58. The molecule has 1 aromatic rings. The van der Waals surface area contributed by atoms with Crippen LogP contribution in [0, 0.1) is 5.92 Å². The molecule has 0 bridgehead atoms. The number of carbonyl (C=O) groups excluding carboxylic acids is 1. The molecule has 0 saturated carbocycles. The lowest BCUT2D eigenvalue weighted by molar-refractivity contribution is -0.139. The smallest absolute Gasteiger partial charge is 0.341 e. The largest absolute Gasteiger partial charge is 0.480 e. The summed E-state index contributed by atoms with van der Waals surface area (Å²) in [7, 11) is 0. The second-order valence-electron chi connectivity index (χ2n) is 4.58. The number of aliphatic carboxylic acids is 1. The van der Waals surface area contributed by atoms with Crippen molar-refractivity contribution in [1.82, 2.24) is 0 Å². The summed E-state index contributed by atoms with van der Waals surface area (Å²) in [5.74, 6) is -1.01. The van der Waals surface area contributed by atoms with Crippen LogP contribution in [0.2, 0.25) is 0 Å². The lowest BCUT2D eigenvalue weighted by Crippen LogP contribution is -2.30. The zero-order valence-electron chi connectivity index (χ0n) is 11.0. The van der Waals surface area contributed by atoms with Crippen LogP contribution in [0.1, 0.15) is 12.8 Å². The molecule has 20 heavy (non-hydrogen) atoms. The standard InChI is InChI=1S/C14H17NO5/c16-13(17)9-20-12-6-2-1-5-11(12)15-14(18)10-4-3-7-19-8-10/h1-2,5-6,10H,3-4,7-9H2,(H,15,18)(H,16,17). The number of amides is 1. The van der Waals surface area contributed by atoms with Gasteiger partial charge in [0.05, 0.1) is 18.2 Å². The summed E-state index contributed by atoms with van der Waals surface area (Å²) in [6.45, 7) is 0.672. The third kappa shape index (κ3) is 3.96. The lowest BCUT2D eigenvalue weighted by Gasteiger charge is -2.21. The van der Waals surface area contributed by atoms with E-state index in [1.165, 1.54) is 0 Å². The van der Waals surface area contributed by atoms with Crippen LogP contribution in [0.5, 0.6) is 5.75 Å². The van der Waals surface area contributed by atoms with Crippen molar-refractivity contribution >= 4 is 17.6 Å². The van der Waals surface area contributed by atoms with Crippen LogP contribution >= 0.6 is 0 Å². The van der Waals surface area contributed by atoms with Crippen LogP contribution < -0.4 is 10.1 Å². The van der Waals surface area contributed by atoms with Gasteiger partial charge in [-0.3, -0.25) is 4.79 Å². The zero-order chi connectivity index (χ0) is 14.4. The van der Waals surface area contributed by atoms with Crippen molar-refractivity contribution in [2.75, 3.05) is 25.1 Å². The number of carbonyl (C=O) groups is 2. The molecule has 1 fully saturated rings. The predicted molar refractivity (Wildman–Crippen MR) is 71.7 cm³/mol. The number of hydrogen-bond acceptors (Lipinski definition) is 4. The van der Waals surface area contributed by atoms with Crippen LogP contribution in [0.15, 0.2) is 24.3 Å². The van der Waals surface area contributed by atoms with E-state index in [9.17, 15) is 9.59 Å². The lowest BCUT2D eigenvalue weighted by atomic mass is 10.0. The molecule has 2 rings (SSSR count). The van der Waals surface area contributed by atoms with E-state index in [0.29, 0.717) is 24.7 Å².